The highest BCUT2D eigenvalue weighted by atomic mass is 16.5. The predicted octanol–water partition coefficient (Wildman–Crippen LogP) is 12.3. The fourth-order valence-corrected chi connectivity index (χ4v) is 8.33. The summed E-state index contributed by atoms with van der Waals surface area (Å²) in [6.07, 6.45) is 1.92. The topological polar surface area (TPSA) is 18.5 Å². The second-order valence-electron chi connectivity index (χ2n) is 12.7. The van der Waals surface area contributed by atoms with Gasteiger partial charge in [-0.2, -0.15) is 0 Å². The Morgan fingerprint density at radius 1 is 0.304 bits per heavy atom. The van der Waals surface area contributed by atoms with Crippen molar-refractivity contribution in [3.8, 4) is 23.0 Å². The first-order valence-electron chi connectivity index (χ1n) is 16.2. The summed E-state index contributed by atoms with van der Waals surface area (Å²) in [4.78, 5) is 0. The zero-order chi connectivity index (χ0) is 30.2. The van der Waals surface area contributed by atoms with Crippen molar-refractivity contribution in [2.45, 2.75) is 24.7 Å². The van der Waals surface area contributed by atoms with Crippen LogP contribution in [0.25, 0.3) is 43.1 Å². The van der Waals surface area contributed by atoms with Gasteiger partial charge in [-0.05, 0) is 80.2 Å². The molecule has 8 aromatic rings. The number of hydrogen-bond donors (Lipinski definition) is 0. The fourth-order valence-electron chi connectivity index (χ4n) is 8.33. The Morgan fingerprint density at radius 3 is 0.848 bits per heavy atom. The number of benzene rings is 8. The van der Waals surface area contributed by atoms with Gasteiger partial charge in [-0.25, -0.2) is 0 Å². The molecule has 2 aliphatic rings. The third-order valence-corrected chi connectivity index (χ3v) is 10.3. The Balaban J connectivity index is 1.21. The highest BCUT2D eigenvalue weighted by Gasteiger charge is 2.35. The Morgan fingerprint density at radius 2 is 0.565 bits per heavy atom. The third kappa shape index (κ3) is 3.77. The van der Waals surface area contributed by atoms with Gasteiger partial charge in [0, 0.05) is 34.1 Å². The maximum Gasteiger partial charge on any atom is 0.131 e. The van der Waals surface area contributed by atoms with Crippen molar-refractivity contribution in [2.75, 3.05) is 0 Å². The van der Waals surface area contributed by atoms with E-state index in [4.69, 9.17) is 9.47 Å². The normalized spacial score (nSPS) is 14.0. The number of hydrogen-bond acceptors (Lipinski definition) is 2. The minimum Gasteiger partial charge on any atom is -0.457 e. The summed E-state index contributed by atoms with van der Waals surface area (Å²) in [5.41, 5.74) is 5.19. The Labute approximate surface area is 267 Å². The van der Waals surface area contributed by atoms with E-state index < -0.39 is 0 Å². The van der Waals surface area contributed by atoms with Crippen LogP contribution in [-0.2, 0) is 0 Å². The van der Waals surface area contributed by atoms with Crippen LogP contribution in [0.3, 0.4) is 0 Å². The molecule has 0 fully saturated rings. The van der Waals surface area contributed by atoms with Crippen LogP contribution in [0.2, 0.25) is 0 Å². The average Bonchev–Trinajstić information content (AvgIpc) is 3.12. The van der Waals surface area contributed by atoms with Gasteiger partial charge in [0.25, 0.3) is 0 Å². The van der Waals surface area contributed by atoms with Gasteiger partial charge >= 0.3 is 0 Å². The molecule has 0 spiro atoms. The monoisotopic (exact) mass is 590 g/mol. The second kappa shape index (κ2) is 9.95. The van der Waals surface area contributed by atoms with Crippen LogP contribution in [0.4, 0.5) is 0 Å². The molecule has 0 unspecified atom stereocenters. The van der Waals surface area contributed by atoms with Crippen molar-refractivity contribution >= 4 is 43.1 Å². The standard InChI is InChI=1S/C44H30O2/c1-5-13-31-27(9-1)17-23-37-41(31)35(42-32-14-6-2-10-28(32)18-24-38(42)45-37)21-22-36-43-33-15-7-3-11-29(33)19-25-39(43)46-40-26-20-30-12-4-8-16-34(30)44(36)40/h1-20,23-26,35-36H,21-22H2. The largest absolute Gasteiger partial charge is 0.457 e. The number of ether oxygens (including phenoxy) is 2. The summed E-state index contributed by atoms with van der Waals surface area (Å²) in [6.45, 7) is 0. The summed E-state index contributed by atoms with van der Waals surface area (Å²) in [6, 6.07) is 52.5. The summed E-state index contributed by atoms with van der Waals surface area (Å²) in [5.74, 6) is 4.20. The molecule has 0 bridgehead atoms. The Hall–Kier alpha value is -5.60. The molecule has 0 radical (unpaired) electrons. The molecule has 46 heavy (non-hydrogen) atoms. The van der Waals surface area contributed by atoms with Gasteiger partial charge in [-0.15, -0.1) is 0 Å². The SMILES string of the molecule is c1ccc2c3c(ccc2c1)Oc1ccc2ccccc2c1C3CCC1c2c(ccc3ccccc23)Oc2ccc3ccccc3c21. The molecule has 0 saturated heterocycles. The predicted molar refractivity (Wildman–Crippen MR) is 189 cm³/mol. The van der Waals surface area contributed by atoms with E-state index in [1.54, 1.807) is 0 Å². The van der Waals surface area contributed by atoms with Gasteiger partial charge < -0.3 is 9.47 Å². The lowest BCUT2D eigenvalue weighted by Gasteiger charge is -2.34. The minimum atomic E-state index is 0.163. The lowest BCUT2D eigenvalue weighted by atomic mass is 9.75. The lowest BCUT2D eigenvalue weighted by molar-refractivity contribution is 0.427. The maximum atomic E-state index is 6.72. The first-order chi connectivity index (χ1) is 22.8. The molecule has 8 aromatic carbocycles. The van der Waals surface area contributed by atoms with E-state index in [1.807, 2.05) is 0 Å². The highest BCUT2D eigenvalue weighted by Crippen LogP contribution is 2.55. The minimum absolute atomic E-state index is 0.163. The average molecular weight is 591 g/mol. The highest BCUT2D eigenvalue weighted by molar-refractivity contribution is 5.96. The van der Waals surface area contributed by atoms with E-state index in [9.17, 15) is 0 Å². The molecule has 0 saturated carbocycles. The van der Waals surface area contributed by atoms with Gasteiger partial charge in [-0.3, -0.25) is 0 Å². The molecular formula is C44H30O2. The zero-order valence-electron chi connectivity index (χ0n) is 25.2. The fraction of sp³-hybridized carbons (Fsp3) is 0.0909. The second-order valence-corrected chi connectivity index (χ2v) is 12.7. The molecule has 0 aliphatic carbocycles. The van der Waals surface area contributed by atoms with E-state index >= 15 is 0 Å². The Kier molecular flexibility index (Phi) is 5.56. The molecule has 2 nitrogen and oxygen atoms in total. The lowest BCUT2D eigenvalue weighted by Crippen LogP contribution is -2.16. The van der Waals surface area contributed by atoms with Crippen molar-refractivity contribution < 1.29 is 9.47 Å². The number of fused-ring (bicyclic) bond motifs is 12. The van der Waals surface area contributed by atoms with Gasteiger partial charge in [0.2, 0.25) is 0 Å². The van der Waals surface area contributed by atoms with Crippen LogP contribution in [-0.4, -0.2) is 0 Å². The van der Waals surface area contributed by atoms with Crippen molar-refractivity contribution in [3.63, 3.8) is 0 Å². The number of rotatable bonds is 3. The zero-order valence-corrected chi connectivity index (χ0v) is 25.2. The van der Waals surface area contributed by atoms with Gasteiger partial charge in [0.15, 0.2) is 0 Å². The van der Waals surface area contributed by atoms with Gasteiger partial charge in [-0.1, -0.05) is 121 Å². The van der Waals surface area contributed by atoms with Crippen LogP contribution in [0, 0.1) is 0 Å². The van der Waals surface area contributed by atoms with E-state index in [2.05, 4.69) is 146 Å². The van der Waals surface area contributed by atoms with E-state index in [1.165, 1.54) is 65.3 Å². The van der Waals surface area contributed by atoms with Gasteiger partial charge in [0.05, 0.1) is 0 Å². The molecule has 0 atom stereocenters. The first-order valence-corrected chi connectivity index (χ1v) is 16.2. The van der Waals surface area contributed by atoms with E-state index in [0.29, 0.717) is 0 Å². The molecule has 10 rings (SSSR count). The third-order valence-electron chi connectivity index (χ3n) is 10.3. The summed E-state index contributed by atoms with van der Waals surface area (Å²) in [5, 5.41) is 10.1. The quantitative estimate of drug-likeness (QED) is 0.204. The smallest absolute Gasteiger partial charge is 0.131 e. The molecule has 0 N–H and O–H groups in total. The summed E-state index contributed by atoms with van der Waals surface area (Å²) >= 11 is 0. The summed E-state index contributed by atoms with van der Waals surface area (Å²) in [7, 11) is 0. The van der Waals surface area contributed by atoms with Crippen LogP contribution in [0.1, 0.15) is 46.9 Å². The molecule has 0 amide bonds. The molecule has 0 aromatic heterocycles. The molecule has 2 heteroatoms. The van der Waals surface area contributed by atoms with E-state index in [-0.39, 0.29) is 11.8 Å². The molecule has 2 aliphatic heterocycles. The van der Waals surface area contributed by atoms with Gasteiger partial charge in [0.1, 0.15) is 23.0 Å². The van der Waals surface area contributed by atoms with Crippen molar-refractivity contribution in [3.05, 3.63) is 168 Å². The summed E-state index contributed by atoms with van der Waals surface area (Å²) < 4.78 is 13.4. The van der Waals surface area contributed by atoms with Crippen LogP contribution < -0.4 is 9.47 Å². The molecule has 2 heterocycles. The van der Waals surface area contributed by atoms with Crippen molar-refractivity contribution in [2.24, 2.45) is 0 Å². The van der Waals surface area contributed by atoms with Crippen molar-refractivity contribution in [1.29, 1.82) is 0 Å². The van der Waals surface area contributed by atoms with E-state index in [0.717, 1.165) is 35.8 Å². The Bertz CT molecular complexity index is 2160. The van der Waals surface area contributed by atoms with Crippen LogP contribution in [0.15, 0.2) is 146 Å². The maximum absolute atomic E-state index is 6.72. The molecule has 218 valence electrons. The first kappa shape index (κ1) is 25.7. The van der Waals surface area contributed by atoms with Crippen LogP contribution in [0.5, 0.6) is 23.0 Å². The van der Waals surface area contributed by atoms with Crippen LogP contribution >= 0.6 is 0 Å². The van der Waals surface area contributed by atoms with Crippen molar-refractivity contribution in [1.82, 2.24) is 0 Å². The molecular weight excluding hydrogens is 560 g/mol.